The molecule has 0 amide bonds. The minimum Gasteiger partial charge on any atom is -0.280 e. The minimum atomic E-state index is -3.86. The fourth-order valence-electron chi connectivity index (χ4n) is 2.01. The van der Waals surface area contributed by atoms with Gasteiger partial charge in [-0.25, -0.2) is 16.8 Å². The fourth-order valence-corrected chi connectivity index (χ4v) is 4.96. The van der Waals surface area contributed by atoms with Crippen LogP contribution in [0.2, 0.25) is 5.02 Å². The quantitative estimate of drug-likeness (QED) is 0.804. The summed E-state index contributed by atoms with van der Waals surface area (Å²) in [5.74, 6) is 0. The Kier molecular flexibility index (Phi) is 5.78. The first-order valence-electron chi connectivity index (χ1n) is 7.41. The van der Waals surface area contributed by atoms with E-state index in [9.17, 15) is 16.8 Å². The number of hydrogen-bond donors (Lipinski definition) is 1. The summed E-state index contributed by atoms with van der Waals surface area (Å²) in [7, 11) is -5.99. The van der Waals surface area contributed by atoms with Crippen molar-refractivity contribution in [2.75, 3.05) is 11.8 Å². The maximum Gasteiger partial charge on any atom is 0.263 e. The van der Waals surface area contributed by atoms with Crippen LogP contribution in [0.15, 0.2) is 58.3 Å². The molecule has 0 fully saturated rings. The summed E-state index contributed by atoms with van der Waals surface area (Å²) >= 11 is 5.92. The number of nitrogens with zero attached hydrogens (tertiary/aromatic N) is 1. The van der Waals surface area contributed by atoms with Crippen LogP contribution >= 0.6 is 11.6 Å². The largest absolute Gasteiger partial charge is 0.280 e. The molecule has 0 aliphatic carbocycles. The number of anilines is 1. The summed E-state index contributed by atoms with van der Waals surface area (Å²) in [5, 5.41) is 0.104. The Bertz CT molecular complexity index is 956. The van der Waals surface area contributed by atoms with Crippen LogP contribution in [-0.4, -0.2) is 34.2 Å². The van der Waals surface area contributed by atoms with Crippen molar-refractivity contribution in [3.05, 3.63) is 53.6 Å². The molecule has 0 unspecified atom stereocenters. The van der Waals surface area contributed by atoms with E-state index in [2.05, 4.69) is 4.72 Å². The first-order chi connectivity index (χ1) is 11.6. The molecule has 136 valence electrons. The molecule has 0 spiro atoms. The molecule has 0 aliphatic rings. The first kappa shape index (κ1) is 19.7. The van der Waals surface area contributed by atoms with Crippen LogP contribution in [0.25, 0.3) is 0 Å². The minimum absolute atomic E-state index is 0.0482. The van der Waals surface area contributed by atoms with Crippen LogP contribution in [0.3, 0.4) is 0 Å². The third-order valence-corrected chi connectivity index (χ3v) is 7.57. The molecule has 2 aromatic carbocycles. The van der Waals surface area contributed by atoms with Crippen molar-refractivity contribution in [2.45, 2.75) is 29.7 Å². The smallest absolute Gasteiger partial charge is 0.263 e. The molecule has 1 N–H and O–H groups in total. The van der Waals surface area contributed by atoms with Gasteiger partial charge in [-0.2, -0.15) is 4.31 Å². The number of halogens is 1. The van der Waals surface area contributed by atoms with Crippen LogP contribution in [0.4, 0.5) is 5.69 Å². The maximum absolute atomic E-state index is 12.4. The van der Waals surface area contributed by atoms with Gasteiger partial charge in [0.1, 0.15) is 4.90 Å². The van der Waals surface area contributed by atoms with Crippen LogP contribution in [0.1, 0.15) is 13.8 Å². The van der Waals surface area contributed by atoms with E-state index in [-0.39, 0.29) is 26.5 Å². The van der Waals surface area contributed by atoms with Gasteiger partial charge in [0.05, 0.1) is 9.92 Å². The number of sulfonamides is 2. The molecular formula is C16H19ClN2O4S2. The number of benzene rings is 2. The van der Waals surface area contributed by atoms with E-state index in [1.54, 1.807) is 26.0 Å². The third kappa shape index (κ3) is 4.33. The highest BCUT2D eigenvalue weighted by atomic mass is 35.5. The summed E-state index contributed by atoms with van der Waals surface area (Å²) in [5.41, 5.74) is 0.242. The molecule has 0 saturated carbocycles. The van der Waals surface area contributed by atoms with Gasteiger partial charge in [-0.05, 0) is 50.2 Å². The SMILES string of the molecule is CC(C)N(C)S(=O)(=O)c1ccc(NS(=O)(=O)c2ccccc2Cl)cc1. The predicted molar refractivity (Wildman–Crippen MR) is 98.8 cm³/mol. The summed E-state index contributed by atoms with van der Waals surface area (Å²) in [4.78, 5) is 0.0392. The van der Waals surface area contributed by atoms with Crippen LogP contribution in [0, 0.1) is 0 Å². The molecule has 25 heavy (non-hydrogen) atoms. The number of nitrogens with one attached hydrogen (secondary N) is 1. The first-order valence-corrected chi connectivity index (χ1v) is 10.7. The van der Waals surface area contributed by atoms with Crippen molar-refractivity contribution >= 4 is 37.3 Å². The van der Waals surface area contributed by atoms with Gasteiger partial charge in [-0.15, -0.1) is 0 Å². The zero-order valence-corrected chi connectivity index (χ0v) is 16.4. The second-order valence-corrected chi connectivity index (χ2v) is 9.73. The summed E-state index contributed by atoms with van der Waals surface area (Å²) in [6.45, 7) is 3.54. The number of hydrogen-bond acceptors (Lipinski definition) is 4. The normalized spacial score (nSPS) is 12.6. The molecule has 2 aromatic rings. The molecule has 2 rings (SSSR count). The summed E-state index contributed by atoms with van der Waals surface area (Å²) in [6, 6.07) is 11.4. The Morgan fingerprint density at radius 1 is 0.960 bits per heavy atom. The molecule has 0 aromatic heterocycles. The van der Waals surface area contributed by atoms with E-state index < -0.39 is 20.0 Å². The molecule has 9 heteroatoms. The van der Waals surface area contributed by atoms with Crippen molar-refractivity contribution in [1.29, 1.82) is 0 Å². The van der Waals surface area contributed by atoms with Gasteiger partial charge in [0, 0.05) is 18.8 Å². The van der Waals surface area contributed by atoms with E-state index >= 15 is 0 Å². The van der Waals surface area contributed by atoms with Gasteiger partial charge in [-0.1, -0.05) is 23.7 Å². The lowest BCUT2D eigenvalue weighted by Crippen LogP contribution is -2.33. The Hall–Kier alpha value is -1.61. The molecule has 0 bridgehead atoms. The Balaban J connectivity index is 2.28. The fraction of sp³-hybridized carbons (Fsp3) is 0.250. The van der Waals surface area contributed by atoms with E-state index in [1.807, 2.05) is 0 Å². The van der Waals surface area contributed by atoms with Crippen molar-refractivity contribution in [1.82, 2.24) is 4.31 Å². The van der Waals surface area contributed by atoms with Gasteiger partial charge in [0.15, 0.2) is 0 Å². The Morgan fingerprint density at radius 3 is 2.04 bits per heavy atom. The van der Waals surface area contributed by atoms with Gasteiger partial charge < -0.3 is 0 Å². The van der Waals surface area contributed by atoms with Crippen LogP contribution < -0.4 is 4.72 Å². The second-order valence-electron chi connectivity index (χ2n) is 5.68. The highest BCUT2D eigenvalue weighted by molar-refractivity contribution is 7.92. The van der Waals surface area contributed by atoms with Gasteiger partial charge in [0.25, 0.3) is 10.0 Å². The van der Waals surface area contributed by atoms with Crippen molar-refractivity contribution in [2.24, 2.45) is 0 Å². The van der Waals surface area contributed by atoms with Crippen LogP contribution in [-0.2, 0) is 20.0 Å². The number of rotatable bonds is 6. The van der Waals surface area contributed by atoms with Crippen molar-refractivity contribution < 1.29 is 16.8 Å². The summed E-state index contributed by atoms with van der Waals surface area (Å²) in [6.07, 6.45) is 0. The molecular weight excluding hydrogens is 384 g/mol. The molecule has 0 atom stereocenters. The molecule has 0 aliphatic heterocycles. The monoisotopic (exact) mass is 402 g/mol. The highest BCUT2D eigenvalue weighted by Gasteiger charge is 2.23. The van der Waals surface area contributed by atoms with Crippen molar-refractivity contribution in [3.63, 3.8) is 0 Å². The maximum atomic E-state index is 12.4. The zero-order valence-electron chi connectivity index (χ0n) is 14.0. The average Bonchev–Trinajstić information content (AvgIpc) is 2.54. The van der Waals surface area contributed by atoms with E-state index in [1.165, 1.54) is 47.8 Å². The third-order valence-electron chi connectivity index (χ3n) is 3.64. The Morgan fingerprint density at radius 2 is 1.52 bits per heavy atom. The van der Waals surface area contributed by atoms with E-state index in [4.69, 9.17) is 11.6 Å². The van der Waals surface area contributed by atoms with Crippen molar-refractivity contribution in [3.8, 4) is 0 Å². The van der Waals surface area contributed by atoms with Gasteiger partial charge >= 0.3 is 0 Å². The highest BCUT2D eigenvalue weighted by Crippen LogP contribution is 2.24. The topological polar surface area (TPSA) is 83.6 Å². The lowest BCUT2D eigenvalue weighted by Gasteiger charge is -2.21. The molecule has 0 saturated heterocycles. The lowest BCUT2D eigenvalue weighted by molar-refractivity contribution is 0.410. The van der Waals surface area contributed by atoms with E-state index in [0.29, 0.717) is 0 Å². The van der Waals surface area contributed by atoms with Gasteiger partial charge in [-0.3, -0.25) is 4.72 Å². The molecule has 6 nitrogen and oxygen atoms in total. The average molecular weight is 403 g/mol. The second kappa shape index (κ2) is 7.33. The predicted octanol–water partition coefficient (Wildman–Crippen LogP) is 3.17. The Labute approximate surface area is 153 Å². The molecule has 0 radical (unpaired) electrons. The van der Waals surface area contributed by atoms with E-state index in [0.717, 1.165) is 0 Å². The molecule has 0 heterocycles. The zero-order chi connectivity index (χ0) is 18.8. The van der Waals surface area contributed by atoms with Crippen LogP contribution in [0.5, 0.6) is 0 Å². The summed E-state index contributed by atoms with van der Waals surface area (Å²) < 4.78 is 53.2. The standard InChI is InChI=1S/C16H19ClN2O4S2/c1-12(2)19(3)25(22,23)14-10-8-13(9-11-14)18-24(20,21)16-7-5-4-6-15(16)17/h4-12,18H,1-3H3. The van der Waals surface area contributed by atoms with Gasteiger partial charge in [0.2, 0.25) is 10.0 Å². The lowest BCUT2D eigenvalue weighted by atomic mass is 10.3.